The first-order valence-electron chi connectivity index (χ1n) is 11.1. The molecule has 3 nitrogen and oxygen atoms in total. The first kappa shape index (κ1) is 20.5. The van der Waals surface area contributed by atoms with Crippen molar-refractivity contribution in [3.8, 4) is 22.8 Å². The van der Waals surface area contributed by atoms with Crippen molar-refractivity contribution >= 4 is 0 Å². The number of rotatable bonds is 8. The van der Waals surface area contributed by atoms with E-state index < -0.39 is 0 Å². The molecular formula is C27H31NO2. The van der Waals surface area contributed by atoms with Crippen LogP contribution >= 0.6 is 0 Å². The van der Waals surface area contributed by atoms with E-state index in [1.165, 1.54) is 29.5 Å². The molecule has 30 heavy (non-hydrogen) atoms. The van der Waals surface area contributed by atoms with Gasteiger partial charge in [-0.3, -0.25) is 4.98 Å². The van der Waals surface area contributed by atoms with E-state index >= 15 is 0 Å². The third kappa shape index (κ3) is 4.67. The van der Waals surface area contributed by atoms with Gasteiger partial charge in [0.15, 0.2) is 11.5 Å². The molecule has 0 spiro atoms. The van der Waals surface area contributed by atoms with Crippen LogP contribution in [0.2, 0.25) is 0 Å². The molecule has 1 aliphatic carbocycles. The fourth-order valence-corrected chi connectivity index (χ4v) is 4.36. The summed E-state index contributed by atoms with van der Waals surface area (Å²) in [6.07, 6.45) is 9.77. The quantitative estimate of drug-likeness (QED) is 0.436. The number of ether oxygens (including phenoxy) is 2. The molecule has 0 radical (unpaired) electrons. The van der Waals surface area contributed by atoms with Crippen molar-refractivity contribution in [2.24, 2.45) is 0 Å². The molecule has 2 aromatic carbocycles. The monoisotopic (exact) mass is 401 g/mol. The van der Waals surface area contributed by atoms with E-state index in [1.54, 1.807) is 7.11 Å². The number of hydrogen-bond donors (Lipinski definition) is 0. The van der Waals surface area contributed by atoms with E-state index in [9.17, 15) is 0 Å². The summed E-state index contributed by atoms with van der Waals surface area (Å²) >= 11 is 0. The smallest absolute Gasteiger partial charge is 0.162 e. The van der Waals surface area contributed by atoms with Gasteiger partial charge >= 0.3 is 0 Å². The molecule has 0 N–H and O–H groups in total. The zero-order valence-electron chi connectivity index (χ0n) is 18.1. The van der Waals surface area contributed by atoms with Crippen LogP contribution in [0.4, 0.5) is 0 Å². The van der Waals surface area contributed by atoms with E-state index in [0.29, 0.717) is 0 Å². The second kappa shape index (κ2) is 9.80. The van der Waals surface area contributed by atoms with Crippen LogP contribution in [0.15, 0.2) is 60.8 Å². The Hall–Kier alpha value is -2.81. The van der Waals surface area contributed by atoms with Crippen LogP contribution in [-0.4, -0.2) is 18.2 Å². The Balaban J connectivity index is 1.74. The second-order valence-electron chi connectivity index (χ2n) is 8.03. The Labute approximate surface area is 180 Å². The Morgan fingerprint density at radius 3 is 2.43 bits per heavy atom. The van der Waals surface area contributed by atoms with E-state index in [1.807, 2.05) is 12.3 Å². The fourth-order valence-electron chi connectivity index (χ4n) is 4.36. The van der Waals surface area contributed by atoms with Crippen molar-refractivity contribution in [2.45, 2.75) is 58.0 Å². The number of aromatic nitrogens is 1. The van der Waals surface area contributed by atoms with Crippen LogP contribution in [0, 0.1) is 0 Å². The largest absolute Gasteiger partial charge is 0.493 e. The fraction of sp³-hybridized carbons (Fsp3) is 0.370. The summed E-state index contributed by atoms with van der Waals surface area (Å²) in [5.74, 6) is 1.67. The molecule has 1 aliphatic rings. The predicted molar refractivity (Wildman–Crippen MR) is 122 cm³/mol. The molecule has 4 rings (SSSR count). The van der Waals surface area contributed by atoms with Crippen LogP contribution in [0.1, 0.15) is 49.3 Å². The van der Waals surface area contributed by atoms with Crippen molar-refractivity contribution in [3.05, 3.63) is 77.5 Å². The van der Waals surface area contributed by atoms with Gasteiger partial charge < -0.3 is 9.47 Å². The molecular weight excluding hydrogens is 370 g/mol. The maximum atomic E-state index is 6.40. The van der Waals surface area contributed by atoms with E-state index in [2.05, 4.69) is 55.5 Å². The first-order chi connectivity index (χ1) is 14.8. The van der Waals surface area contributed by atoms with Crippen molar-refractivity contribution in [1.29, 1.82) is 0 Å². The summed E-state index contributed by atoms with van der Waals surface area (Å²) in [5, 5.41) is 0. The van der Waals surface area contributed by atoms with Gasteiger partial charge in [0.2, 0.25) is 0 Å². The van der Waals surface area contributed by atoms with Crippen LogP contribution in [-0.2, 0) is 19.3 Å². The zero-order chi connectivity index (χ0) is 20.8. The highest BCUT2D eigenvalue weighted by molar-refractivity contribution is 5.71. The van der Waals surface area contributed by atoms with Crippen molar-refractivity contribution in [3.63, 3.8) is 0 Å². The number of pyridine rings is 1. The molecule has 0 aliphatic heterocycles. The normalized spacial score (nSPS) is 14.1. The van der Waals surface area contributed by atoms with Gasteiger partial charge in [-0.1, -0.05) is 43.3 Å². The molecule has 3 heteroatoms. The number of hydrogen-bond acceptors (Lipinski definition) is 3. The summed E-state index contributed by atoms with van der Waals surface area (Å²) in [6, 6.07) is 19.2. The minimum Gasteiger partial charge on any atom is -0.493 e. The van der Waals surface area contributed by atoms with Gasteiger partial charge in [0.25, 0.3) is 0 Å². The van der Waals surface area contributed by atoms with Gasteiger partial charge in [0.1, 0.15) is 0 Å². The van der Waals surface area contributed by atoms with Gasteiger partial charge in [-0.05, 0) is 79.8 Å². The van der Waals surface area contributed by atoms with Gasteiger partial charge in [-0.2, -0.15) is 0 Å². The Morgan fingerprint density at radius 1 is 0.900 bits per heavy atom. The van der Waals surface area contributed by atoms with Crippen molar-refractivity contribution in [1.82, 2.24) is 4.98 Å². The topological polar surface area (TPSA) is 31.4 Å². The zero-order valence-corrected chi connectivity index (χ0v) is 18.1. The summed E-state index contributed by atoms with van der Waals surface area (Å²) in [5.41, 5.74) is 6.07. The minimum atomic E-state index is 0.288. The molecule has 3 aromatic rings. The van der Waals surface area contributed by atoms with E-state index in [-0.39, 0.29) is 6.10 Å². The number of benzene rings is 2. The molecule has 0 amide bonds. The second-order valence-corrected chi connectivity index (χ2v) is 8.03. The van der Waals surface area contributed by atoms with E-state index in [4.69, 9.17) is 14.5 Å². The molecule has 0 atom stereocenters. The lowest BCUT2D eigenvalue weighted by atomic mass is 9.94. The third-order valence-electron chi connectivity index (χ3n) is 6.04. The number of aryl methyl sites for hydroxylation is 3. The Kier molecular flexibility index (Phi) is 6.68. The van der Waals surface area contributed by atoms with Crippen LogP contribution in [0.3, 0.4) is 0 Å². The molecule has 1 saturated carbocycles. The maximum absolute atomic E-state index is 6.40. The average Bonchev–Trinajstić information content (AvgIpc) is 3.31. The van der Waals surface area contributed by atoms with E-state index in [0.717, 1.165) is 54.9 Å². The standard InChI is InChI=1S/C27H31NO2/c1-3-21-12-9-17-28-27(21)24-19-26(30-23-13-7-8-14-23)25(29-2)18-22(24)16-15-20-10-5-4-6-11-20/h4-6,9-12,17-19,23H,3,7-8,13-16H2,1-2H3. The lowest BCUT2D eigenvalue weighted by molar-refractivity contribution is 0.201. The average molecular weight is 402 g/mol. The Morgan fingerprint density at radius 2 is 1.70 bits per heavy atom. The molecule has 0 bridgehead atoms. The molecule has 1 fully saturated rings. The van der Waals surface area contributed by atoms with Crippen LogP contribution in [0.25, 0.3) is 11.3 Å². The lowest BCUT2D eigenvalue weighted by Crippen LogP contribution is -2.12. The number of methoxy groups -OCH3 is 1. The lowest BCUT2D eigenvalue weighted by Gasteiger charge is -2.20. The first-order valence-corrected chi connectivity index (χ1v) is 11.1. The summed E-state index contributed by atoms with van der Waals surface area (Å²) in [7, 11) is 1.73. The number of nitrogens with zero attached hydrogens (tertiary/aromatic N) is 1. The van der Waals surface area contributed by atoms with Gasteiger partial charge in [0, 0.05) is 11.8 Å². The highest BCUT2D eigenvalue weighted by Gasteiger charge is 2.21. The minimum absolute atomic E-state index is 0.288. The molecule has 156 valence electrons. The van der Waals surface area contributed by atoms with Gasteiger partial charge in [-0.25, -0.2) is 0 Å². The van der Waals surface area contributed by atoms with Gasteiger partial charge in [0.05, 0.1) is 18.9 Å². The maximum Gasteiger partial charge on any atom is 0.162 e. The highest BCUT2D eigenvalue weighted by Crippen LogP contribution is 2.39. The molecule has 0 unspecified atom stereocenters. The van der Waals surface area contributed by atoms with Crippen LogP contribution in [0.5, 0.6) is 11.5 Å². The molecule has 1 heterocycles. The van der Waals surface area contributed by atoms with Crippen molar-refractivity contribution < 1.29 is 9.47 Å². The van der Waals surface area contributed by atoms with Crippen LogP contribution < -0.4 is 9.47 Å². The summed E-state index contributed by atoms with van der Waals surface area (Å²) < 4.78 is 12.1. The van der Waals surface area contributed by atoms with Gasteiger partial charge in [-0.15, -0.1) is 0 Å². The molecule has 0 saturated heterocycles. The summed E-state index contributed by atoms with van der Waals surface area (Å²) in [4.78, 5) is 4.77. The molecule has 1 aromatic heterocycles. The third-order valence-corrected chi connectivity index (χ3v) is 6.04. The Bertz CT molecular complexity index is 962. The predicted octanol–water partition coefficient (Wildman–Crippen LogP) is 6.43. The SMILES string of the molecule is CCc1cccnc1-c1cc(OC2CCCC2)c(OC)cc1CCc1ccccc1. The highest BCUT2D eigenvalue weighted by atomic mass is 16.5. The summed E-state index contributed by atoms with van der Waals surface area (Å²) in [6.45, 7) is 2.18. The van der Waals surface area contributed by atoms with Crippen molar-refractivity contribution in [2.75, 3.05) is 7.11 Å².